The Bertz CT molecular complexity index is 496. The van der Waals surface area contributed by atoms with Gasteiger partial charge in [0.2, 0.25) is 0 Å². The summed E-state index contributed by atoms with van der Waals surface area (Å²) in [6.45, 7) is 2.20. The minimum absolute atomic E-state index is 0.321. The van der Waals surface area contributed by atoms with Gasteiger partial charge in [0.1, 0.15) is 17.5 Å². The lowest BCUT2D eigenvalue weighted by molar-refractivity contribution is 0.295. The number of aromatic nitrogens is 2. The van der Waals surface area contributed by atoms with Gasteiger partial charge in [0.25, 0.3) is 0 Å². The lowest BCUT2D eigenvalue weighted by Crippen LogP contribution is -2.02. The quantitative estimate of drug-likeness (QED) is 0.619. The van der Waals surface area contributed by atoms with Gasteiger partial charge in [-0.25, -0.2) is 9.97 Å². The van der Waals surface area contributed by atoms with Crippen LogP contribution in [0.5, 0.6) is 5.75 Å². The molecule has 1 aromatic heterocycles. The van der Waals surface area contributed by atoms with Crippen LogP contribution in [0.4, 0.5) is 0 Å². The summed E-state index contributed by atoms with van der Waals surface area (Å²) in [5.74, 6) is 1.39. The van der Waals surface area contributed by atoms with E-state index in [1.165, 1.54) is 3.57 Å². The fourth-order valence-electron chi connectivity index (χ4n) is 1.33. The first-order valence-corrected chi connectivity index (χ1v) is 6.47. The van der Waals surface area contributed by atoms with Gasteiger partial charge in [0.05, 0.1) is 0 Å². The number of benzene rings is 1. The molecule has 88 valence electrons. The molecule has 0 fully saturated rings. The van der Waals surface area contributed by atoms with E-state index in [1.807, 2.05) is 31.2 Å². The molecule has 0 atom stereocenters. The van der Waals surface area contributed by atoms with Gasteiger partial charge in [-0.2, -0.15) is 0 Å². The smallest absolute Gasteiger partial charge is 0.167 e. The van der Waals surface area contributed by atoms with Crippen LogP contribution in [0.25, 0.3) is 0 Å². The Kier molecular flexibility index (Phi) is 4.17. The third-order valence-electron chi connectivity index (χ3n) is 2.05. The molecule has 0 radical (unpaired) electrons. The highest BCUT2D eigenvalue weighted by Crippen LogP contribution is 2.15. The van der Waals surface area contributed by atoms with E-state index < -0.39 is 0 Å². The molecule has 0 amide bonds. The SMILES string of the molecule is Cc1cc(Cl)nc(COc2ccc(I)cc2)n1. The van der Waals surface area contributed by atoms with E-state index in [-0.39, 0.29) is 0 Å². The second kappa shape index (κ2) is 5.64. The van der Waals surface area contributed by atoms with Crippen LogP contribution in [0, 0.1) is 10.5 Å². The summed E-state index contributed by atoms with van der Waals surface area (Å²) < 4.78 is 6.74. The van der Waals surface area contributed by atoms with E-state index in [0.717, 1.165) is 11.4 Å². The first-order valence-electron chi connectivity index (χ1n) is 5.02. The van der Waals surface area contributed by atoms with Crippen LogP contribution in [0.2, 0.25) is 5.15 Å². The van der Waals surface area contributed by atoms with Gasteiger partial charge in [-0.15, -0.1) is 0 Å². The molecule has 1 heterocycles. The molecule has 0 N–H and O–H groups in total. The number of hydrogen-bond donors (Lipinski definition) is 0. The number of hydrogen-bond acceptors (Lipinski definition) is 3. The van der Waals surface area contributed by atoms with E-state index in [0.29, 0.717) is 17.6 Å². The van der Waals surface area contributed by atoms with E-state index in [4.69, 9.17) is 16.3 Å². The summed E-state index contributed by atoms with van der Waals surface area (Å²) in [5, 5.41) is 0.443. The summed E-state index contributed by atoms with van der Waals surface area (Å²) in [7, 11) is 0. The van der Waals surface area contributed by atoms with Gasteiger partial charge in [0.15, 0.2) is 5.82 Å². The zero-order valence-corrected chi connectivity index (χ0v) is 12.1. The predicted molar refractivity (Wildman–Crippen MR) is 75.3 cm³/mol. The minimum atomic E-state index is 0.321. The Balaban J connectivity index is 2.04. The van der Waals surface area contributed by atoms with Crippen molar-refractivity contribution in [2.45, 2.75) is 13.5 Å². The molecule has 0 bridgehead atoms. The van der Waals surface area contributed by atoms with Gasteiger partial charge in [-0.1, -0.05) is 11.6 Å². The summed E-state index contributed by atoms with van der Waals surface area (Å²) in [6.07, 6.45) is 0. The molecule has 0 spiro atoms. The summed E-state index contributed by atoms with van der Waals surface area (Å²) in [4.78, 5) is 8.34. The Labute approximate surface area is 118 Å². The second-order valence-electron chi connectivity index (χ2n) is 3.49. The van der Waals surface area contributed by atoms with Gasteiger partial charge in [0, 0.05) is 9.26 Å². The molecule has 1 aromatic carbocycles. The van der Waals surface area contributed by atoms with Gasteiger partial charge >= 0.3 is 0 Å². The van der Waals surface area contributed by atoms with Gasteiger partial charge in [-0.05, 0) is 59.8 Å². The highest BCUT2D eigenvalue weighted by Gasteiger charge is 2.02. The maximum absolute atomic E-state index is 5.84. The molecule has 0 aliphatic rings. The maximum atomic E-state index is 5.84. The molecule has 2 aromatic rings. The van der Waals surface area contributed by atoms with Crippen molar-refractivity contribution in [3.8, 4) is 5.75 Å². The summed E-state index contributed by atoms with van der Waals surface area (Å²) >= 11 is 8.09. The monoisotopic (exact) mass is 360 g/mol. The van der Waals surface area contributed by atoms with E-state index in [9.17, 15) is 0 Å². The van der Waals surface area contributed by atoms with E-state index in [1.54, 1.807) is 6.07 Å². The Morgan fingerprint density at radius 2 is 1.94 bits per heavy atom. The third-order valence-corrected chi connectivity index (χ3v) is 2.96. The minimum Gasteiger partial charge on any atom is -0.486 e. The zero-order chi connectivity index (χ0) is 12.3. The average molecular weight is 361 g/mol. The molecule has 5 heteroatoms. The molecule has 0 aliphatic carbocycles. The lowest BCUT2D eigenvalue weighted by Gasteiger charge is -2.06. The number of halogens is 2. The highest BCUT2D eigenvalue weighted by atomic mass is 127. The van der Waals surface area contributed by atoms with Crippen molar-refractivity contribution in [2.24, 2.45) is 0 Å². The number of ether oxygens (including phenoxy) is 1. The average Bonchev–Trinajstić information content (AvgIpc) is 2.27. The molecule has 3 nitrogen and oxygen atoms in total. The number of aryl methyl sites for hydroxylation is 1. The van der Waals surface area contributed by atoms with Crippen LogP contribution < -0.4 is 4.74 Å². The normalized spacial score (nSPS) is 10.3. The van der Waals surface area contributed by atoms with Crippen molar-refractivity contribution >= 4 is 34.2 Å². The van der Waals surface area contributed by atoms with Gasteiger partial charge in [-0.3, -0.25) is 0 Å². The molecule has 0 saturated carbocycles. The first-order chi connectivity index (χ1) is 8.13. The molecule has 0 saturated heterocycles. The fourth-order valence-corrected chi connectivity index (χ4v) is 1.95. The molecule has 0 aliphatic heterocycles. The van der Waals surface area contributed by atoms with Crippen LogP contribution >= 0.6 is 34.2 Å². The Morgan fingerprint density at radius 3 is 2.59 bits per heavy atom. The van der Waals surface area contributed by atoms with Crippen molar-refractivity contribution in [1.29, 1.82) is 0 Å². The summed E-state index contributed by atoms with van der Waals surface area (Å²) in [6, 6.07) is 9.52. The largest absolute Gasteiger partial charge is 0.486 e. The third kappa shape index (κ3) is 3.81. The Morgan fingerprint density at radius 1 is 1.24 bits per heavy atom. The zero-order valence-electron chi connectivity index (χ0n) is 9.15. The van der Waals surface area contributed by atoms with Crippen molar-refractivity contribution in [3.63, 3.8) is 0 Å². The van der Waals surface area contributed by atoms with Crippen LogP contribution in [-0.2, 0) is 6.61 Å². The molecule has 2 rings (SSSR count). The highest BCUT2D eigenvalue weighted by molar-refractivity contribution is 14.1. The summed E-state index contributed by atoms with van der Waals surface area (Å²) in [5.41, 5.74) is 0.839. The molecular formula is C12H10ClIN2O. The molecule has 17 heavy (non-hydrogen) atoms. The van der Waals surface area contributed by atoms with Crippen LogP contribution in [0.1, 0.15) is 11.5 Å². The van der Waals surface area contributed by atoms with Crippen LogP contribution in [0.3, 0.4) is 0 Å². The lowest BCUT2D eigenvalue weighted by atomic mass is 10.3. The second-order valence-corrected chi connectivity index (χ2v) is 5.12. The maximum Gasteiger partial charge on any atom is 0.167 e. The van der Waals surface area contributed by atoms with Crippen molar-refractivity contribution in [2.75, 3.05) is 0 Å². The van der Waals surface area contributed by atoms with Crippen LogP contribution in [0.15, 0.2) is 30.3 Å². The van der Waals surface area contributed by atoms with E-state index >= 15 is 0 Å². The standard InChI is InChI=1S/C12H10ClIN2O/c1-8-6-11(13)16-12(15-8)7-17-10-4-2-9(14)3-5-10/h2-6H,7H2,1H3. The first kappa shape index (κ1) is 12.6. The van der Waals surface area contributed by atoms with Crippen molar-refractivity contribution in [3.05, 3.63) is 50.6 Å². The number of rotatable bonds is 3. The Hall–Kier alpha value is -0.880. The van der Waals surface area contributed by atoms with E-state index in [2.05, 4.69) is 32.6 Å². The number of nitrogens with zero attached hydrogens (tertiary/aromatic N) is 2. The van der Waals surface area contributed by atoms with Crippen LogP contribution in [-0.4, -0.2) is 9.97 Å². The van der Waals surface area contributed by atoms with Crippen molar-refractivity contribution < 1.29 is 4.74 Å². The topological polar surface area (TPSA) is 35.0 Å². The van der Waals surface area contributed by atoms with Gasteiger partial charge < -0.3 is 4.74 Å². The van der Waals surface area contributed by atoms with Crippen molar-refractivity contribution in [1.82, 2.24) is 9.97 Å². The predicted octanol–water partition coefficient (Wildman–Crippen LogP) is 3.62. The molecular weight excluding hydrogens is 351 g/mol. The molecule has 0 unspecified atom stereocenters. The fraction of sp³-hybridized carbons (Fsp3) is 0.167.